The van der Waals surface area contributed by atoms with E-state index in [1.54, 1.807) is 38.2 Å². The molecule has 0 saturated heterocycles. The standard InChI is InChI=1S/C21H20N4O4/c1-21(2,20(27)24-15-6-4-3-5-7-15)25-12-16(11-22-25)23-19(26)14-8-9-17-18(10-14)29-13-28-17/h3-12H,13H2,1-2H3,(H,23,26)(H,24,27). The second-order valence-corrected chi connectivity index (χ2v) is 7.07. The second kappa shape index (κ2) is 7.31. The lowest BCUT2D eigenvalue weighted by Crippen LogP contribution is -2.40. The van der Waals surface area contributed by atoms with Gasteiger partial charge in [-0.2, -0.15) is 5.10 Å². The number of amides is 2. The van der Waals surface area contributed by atoms with Crippen LogP contribution in [0, 0.1) is 0 Å². The van der Waals surface area contributed by atoms with Crippen LogP contribution in [0.4, 0.5) is 11.4 Å². The summed E-state index contributed by atoms with van der Waals surface area (Å²) in [5.41, 5.74) is 0.655. The van der Waals surface area contributed by atoms with E-state index in [0.717, 1.165) is 0 Å². The van der Waals surface area contributed by atoms with Gasteiger partial charge in [0.2, 0.25) is 6.79 Å². The van der Waals surface area contributed by atoms with Gasteiger partial charge in [-0.05, 0) is 44.2 Å². The third kappa shape index (κ3) is 3.77. The molecule has 2 amide bonds. The summed E-state index contributed by atoms with van der Waals surface area (Å²) in [7, 11) is 0. The van der Waals surface area contributed by atoms with E-state index >= 15 is 0 Å². The second-order valence-electron chi connectivity index (χ2n) is 7.07. The van der Waals surface area contributed by atoms with Crippen molar-refractivity contribution >= 4 is 23.2 Å². The van der Waals surface area contributed by atoms with E-state index in [1.165, 1.54) is 10.9 Å². The molecular formula is C21H20N4O4. The van der Waals surface area contributed by atoms with Crippen LogP contribution >= 0.6 is 0 Å². The number of hydrogen-bond donors (Lipinski definition) is 2. The van der Waals surface area contributed by atoms with Gasteiger partial charge in [-0.15, -0.1) is 0 Å². The number of carbonyl (C=O) groups is 2. The number of anilines is 2. The molecule has 0 unspecified atom stereocenters. The maximum Gasteiger partial charge on any atom is 0.255 e. The molecule has 2 heterocycles. The van der Waals surface area contributed by atoms with Crippen molar-refractivity contribution in [2.24, 2.45) is 0 Å². The van der Waals surface area contributed by atoms with Gasteiger partial charge in [-0.3, -0.25) is 14.3 Å². The number of hydrogen-bond acceptors (Lipinski definition) is 5. The normalized spacial score (nSPS) is 12.5. The van der Waals surface area contributed by atoms with E-state index in [2.05, 4.69) is 15.7 Å². The van der Waals surface area contributed by atoms with Crippen LogP contribution in [0.3, 0.4) is 0 Å². The number of carbonyl (C=O) groups excluding carboxylic acids is 2. The van der Waals surface area contributed by atoms with Gasteiger partial charge < -0.3 is 20.1 Å². The summed E-state index contributed by atoms with van der Waals surface area (Å²) in [6, 6.07) is 14.2. The fraction of sp³-hybridized carbons (Fsp3) is 0.190. The highest BCUT2D eigenvalue weighted by molar-refractivity contribution is 6.04. The van der Waals surface area contributed by atoms with Crippen molar-refractivity contribution in [1.29, 1.82) is 0 Å². The van der Waals surface area contributed by atoms with Gasteiger partial charge in [-0.1, -0.05) is 18.2 Å². The Balaban J connectivity index is 1.46. The Morgan fingerprint density at radius 3 is 2.55 bits per heavy atom. The van der Waals surface area contributed by atoms with Crippen LogP contribution in [-0.2, 0) is 10.3 Å². The first-order valence-corrected chi connectivity index (χ1v) is 9.06. The Labute approximate surface area is 167 Å². The van der Waals surface area contributed by atoms with E-state index in [9.17, 15) is 9.59 Å². The van der Waals surface area contributed by atoms with Gasteiger partial charge in [0, 0.05) is 17.4 Å². The van der Waals surface area contributed by atoms with Gasteiger partial charge >= 0.3 is 0 Å². The van der Waals surface area contributed by atoms with E-state index in [-0.39, 0.29) is 18.6 Å². The number of nitrogens with zero attached hydrogens (tertiary/aromatic N) is 2. The molecule has 2 aromatic carbocycles. The molecule has 3 aromatic rings. The highest BCUT2D eigenvalue weighted by Gasteiger charge is 2.31. The zero-order chi connectivity index (χ0) is 20.4. The molecule has 1 aromatic heterocycles. The summed E-state index contributed by atoms with van der Waals surface area (Å²) >= 11 is 0. The first-order valence-electron chi connectivity index (χ1n) is 9.06. The molecule has 1 aliphatic heterocycles. The summed E-state index contributed by atoms with van der Waals surface area (Å²) in [6.45, 7) is 3.65. The zero-order valence-electron chi connectivity index (χ0n) is 16.0. The van der Waals surface area contributed by atoms with Crippen LogP contribution in [0.15, 0.2) is 60.9 Å². The van der Waals surface area contributed by atoms with Crippen molar-refractivity contribution in [3.05, 3.63) is 66.5 Å². The average molecular weight is 392 g/mol. The molecule has 0 saturated carbocycles. The Kier molecular flexibility index (Phi) is 4.67. The molecule has 1 aliphatic rings. The lowest BCUT2D eigenvalue weighted by Gasteiger charge is -2.24. The molecule has 0 spiro atoms. The van der Waals surface area contributed by atoms with Crippen LogP contribution in [-0.4, -0.2) is 28.4 Å². The Morgan fingerprint density at radius 2 is 1.76 bits per heavy atom. The van der Waals surface area contributed by atoms with Crippen molar-refractivity contribution in [3.8, 4) is 11.5 Å². The maximum atomic E-state index is 12.7. The lowest BCUT2D eigenvalue weighted by molar-refractivity contribution is -0.123. The lowest BCUT2D eigenvalue weighted by atomic mass is 10.0. The number of para-hydroxylation sites is 1. The number of ether oxygens (including phenoxy) is 2. The molecule has 148 valence electrons. The van der Waals surface area contributed by atoms with E-state index < -0.39 is 5.54 Å². The molecule has 0 fully saturated rings. The molecule has 0 atom stereocenters. The molecule has 0 bridgehead atoms. The van der Waals surface area contributed by atoms with Gasteiger partial charge in [-0.25, -0.2) is 0 Å². The molecular weight excluding hydrogens is 372 g/mol. The van der Waals surface area contributed by atoms with Crippen LogP contribution < -0.4 is 20.1 Å². The number of rotatable bonds is 5. The highest BCUT2D eigenvalue weighted by Crippen LogP contribution is 2.32. The Hall–Kier alpha value is -3.81. The van der Waals surface area contributed by atoms with Gasteiger partial charge in [0.25, 0.3) is 11.8 Å². The SMILES string of the molecule is CC(C)(C(=O)Nc1ccccc1)n1cc(NC(=O)c2ccc3c(c2)OCO3)cn1. The van der Waals surface area contributed by atoms with Crippen LogP contribution in [0.5, 0.6) is 11.5 Å². The molecule has 8 nitrogen and oxygen atoms in total. The van der Waals surface area contributed by atoms with Crippen molar-refractivity contribution in [2.45, 2.75) is 19.4 Å². The highest BCUT2D eigenvalue weighted by atomic mass is 16.7. The maximum absolute atomic E-state index is 12.7. The van der Waals surface area contributed by atoms with Crippen LogP contribution in [0.1, 0.15) is 24.2 Å². The monoisotopic (exact) mass is 392 g/mol. The Bertz CT molecular complexity index is 1060. The molecule has 29 heavy (non-hydrogen) atoms. The van der Waals surface area contributed by atoms with E-state index in [0.29, 0.717) is 28.4 Å². The van der Waals surface area contributed by atoms with Crippen molar-refractivity contribution < 1.29 is 19.1 Å². The number of fused-ring (bicyclic) bond motifs is 1. The van der Waals surface area contributed by atoms with E-state index in [1.807, 2.05) is 30.3 Å². The zero-order valence-corrected chi connectivity index (χ0v) is 16.0. The average Bonchev–Trinajstić information content (AvgIpc) is 3.37. The molecule has 0 radical (unpaired) electrons. The summed E-state index contributed by atoms with van der Waals surface area (Å²) in [5, 5.41) is 9.90. The third-order valence-electron chi connectivity index (χ3n) is 4.64. The summed E-state index contributed by atoms with van der Waals surface area (Å²) in [6.07, 6.45) is 3.12. The van der Waals surface area contributed by atoms with Gasteiger partial charge in [0.1, 0.15) is 5.54 Å². The minimum atomic E-state index is -0.961. The first-order chi connectivity index (χ1) is 13.9. The molecule has 2 N–H and O–H groups in total. The van der Waals surface area contributed by atoms with Gasteiger partial charge in [0.15, 0.2) is 11.5 Å². The molecule has 0 aliphatic carbocycles. The predicted molar refractivity (Wildman–Crippen MR) is 107 cm³/mol. The minimum absolute atomic E-state index is 0.146. The van der Waals surface area contributed by atoms with Crippen molar-refractivity contribution in [2.75, 3.05) is 17.4 Å². The fourth-order valence-electron chi connectivity index (χ4n) is 2.84. The van der Waals surface area contributed by atoms with Crippen molar-refractivity contribution in [3.63, 3.8) is 0 Å². The minimum Gasteiger partial charge on any atom is -0.454 e. The quantitative estimate of drug-likeness (QED) is 0.695. The summed E-state index contributed by atoms with van der Waals surface area (Å²) in [4.78, 5) is 25.2. The van der Waals surface area contributed by atoms with Crippen molar-refractivity contribution in [1.82, 2.24) is 9.78 Å². The predicted octanol–water partition coefficient (Wildman–Crippen LogP) is 3.24. The molecule has 8 heteroatoms. The summed E-state index contributed by atoms with van der Waals surface area (Å²) in [5.74, 6) is 0.613. The third-order valence-corrected chi connectivity index (χ3v) is 4.64. The topological polar surface area (TPSA) is 94.5 Å². The number of benzene rings is 2. The van der Waals surface area contributed by atoms with Crippen LogP contribution in [0.25, 0.3) is 0 Å². The largest absolute Gasteiger partial charge is 0.454 e. The van der Waals surface area contributed by atoms with E-state index in [4.69, 9.17) is 9.47 Å². The number of aromatic nitrogens is 2. The summed E-state index contributed by atoms with van der Waals surface area (Å²) < 4.78 is 12.1. The number of nitrogens with one attached hydrogen (secondary N) is 2. The first kappa shape index (κ1) is 18.5. The smallest absolute Gasteiger partial charge is 0.255 e. The fourth-order valence-corrected chi connectivity index (χ4v) is 2.84. The van der Waals surface area contributed by atoms with Crippen LogP contribution in [0.2, 0.25) is 0 Å². The van der Waals surface area contributed by atoms with Gasteiger partial charge in [0.05, 0.1) is 11.9 Å². The Morgan fingerprint density at radius 1 is 1.00 bits per heavy atom. The molecule has 4 rings (SSSR count).